The van der Waals surface area contributed by atoms with Gasteiger partial charge in [-0.15, -0.1) is 0 Å². The van der Waals surface area contributed by atoms with Crippen LogP contribution in [0.3, 0.4) is 0 Å². The molecule has 2 aliphatic rings. The molecule has 1 aromatic heterocycles. The number of ether oxygens (including phenoxy) is 1. The van der Waals surface area contributed by atoms with Gasteiger partial charge in [-0.1, -0.05) is 12.1 Å². The van der Waals surface area contributed by atoms with Crippen molar-refractivity contribution in [3.05, 3.63) is 30.2 Å². The van der Waals surface area contributed by atoms with E-state index in [1.54, 1.807) is 0 Å². The number of nitrogens with one attached hydrogen (secondary N) is 1. The third kappa shape index (κ3) is 4.18. The monoisotopic (exact) mass is 385 g/mol. The molecule has 1 N–H and O–H groups in total. The lowest BCUT2D eigenvalue weighted by molar-refractivity contribution is 0.0897. The Hall–Kier alpha value is -2.45. The molecule has 0 spiro atoms. The molecule has 0 aliphatic carbocycles. The number of aromatic nitrogens is 2. The molecule has 2 aliphatic heterocycles. The average Bonchev–Trinajstić information content (AvgIpc) is 3.42. The molecule has 150 valence electrons. The Morgan fingerprint density at radius 3 is 2.75 bits per heavy atom. The summed E-state index contributed by atoms with van der Waals surface area (Å²) in [7, 11) is 0. The fraction of sp³-hybridized carbons (Fsp3) is 0.550. The standard InChI is InChI=1S/C20H27N5O3/c1-2-24-9-3-4-17(24)14-21-19(26)20-22-18(23-28-20)15-5-7-16(8-6-15)25-10-12-27-13-11-25/h5-8,17H,2-4,9-14H2,1H3,(H,21,26)/t17-/m1/s1. The zero-order valence-electron chi connectivity index (χ0n) is 16.3. The molecule has 0 bridgehead atoms. The molecule has 2 saturated heterocycles. The second-order valence-electron chi connectivity index (χ2n) is 7.20. The summed E-state index contributed by atoms with van der Waals surface area (Å²) in [6.07, 6.45) is 2.29. The second-order valence-corrected chi connectivity index (χ2v) is 7.20. The van der Waals surface area contributed by atoms with Gasteiger partial charge in [-0.2, -0.15) is 4.98 Å². The average molecular weight is 385 g/mol. The van der Waals surface area contributed by atoms with Gasteiger partial charge in [0.15, 0.2) is 0 Å². The number of anilines is 1. The van der Waals surface area contributed by atoms with E-state index >= 15 is 0 Å². The van der Waals surface area contributed by atoms with Crippen LogP contribution in [0, 0.1) is 0 Å². The molecule has 8 nitrogen and oxygen atoms in total. The minimum absolute atomic E-state index is 0.00769. The van der Waals surface area contributed by atoms with Gasteiger partial charge >= 0.3 is 11.8 Å². The molecule has 1 atom stereocenters. The van der Waals surface area contributed by atoms with Crippen molar-refractivity contribution in [2.24, 2.45) is 0 Å². The summed E-state index contributed by atoms with van der Waals surface area (Å²) in [5.41, 5.74) is 1.97. The summed E-state index contributed by atoms with van der Waals surface area (Å²) in [6.45, 7) is 8.15. The van der Waals surface area contributed by atoms with E-state index in [9.17, 15) is 4.79 Å². The Labute approximate surface area is 164 Å². The van der Waals surface area contributed by atoms with Crippen LogP contribution in [-0.2, 0) is 4.74 Å². The van der Waals surface area contributed by atoms with Crippen molar-refractivity contribution >= 4 is 11.6 Å². The predicted molar refractivity (Wildman–Crippen MR) is 105 cm³/mol. The molecule has 28 heavy (non-hydrogen) atoms. The van der Waals surface area contributed by atoms with Crippen LogP contribution in [0.1, 0.15) is 30.5 Å². The van der Waals surface area contributed by atoms with Crippen molar-refractivity contribution in [3.63, 3.8) is 0 Å². The normalized spacial score (nSPS) is 20.5. The Balaban J connectivity index is 1.36. The summed E-state index contributed by atoms with van der Waals surface area (Å²) in [5, 5.41) is 6.90. The van der Waals surface area contributed by atoms with Gasteiger partial charge in [0.1, 0.15) is 0 Å². The lowest BCUT2D eigenvalue weighted by atomic mass is 10.2. The quantitative estimate of drug-likeness (QED) is 0.811. The van der Waals surface area contributed by atoms with E-state index < -0.39 is 0 Å². The van der Waals surface area contributed by atoms with Crippen LogP contribution < -0.4 is 10.2 Å². The molecule has 2 fully saturated rings. The maximum absolute atomic E-state index is 12.4. The van der Waals surface area contributed by atoms with Gasteiger partial charge in [0.05, 0.1) is 13.2 Å². The highest BCUT2D eigenvalue weighted by atomic mass is 16.5. The van der Waals surface area contributed by atoms with Crippen molar-refractivity contribution < 1.29 is 14.1 Å². The SMILES string of the molecule is CCN1CCC[C@@H]1CNC(=O)c1nc(-c2ccc(N3CCOCC3)cc2)no1. The van der Waals surface area contributed by atoms with Crippen molar-refractivity contribution in [2.45, 2.75) is 25.8 Å². The smallest absolute Gasteiger partial charge is 0.316 e. The fourth-order valence-electron chi connectivity index (χ4n) is 3.90. The van der Waals surface area contributed by atoms with Crippen LogP contribution >= 0.6 is 0 Å². The van der Waals surface area contributed by atoms with E-state index in [1.807, 2.05) is 24.3 Å². The van der Waals surface area contributed by atoms with E-state index in [2.05, 4.69) is 32.2 Å². The van der Waals surface area contributed by atoms with E-state index in [1.165, 1.54) is 6.42 Å². The Morgan fingerprint density at radius 2 is 2.00 bits per heavy atom. The van der Waals surface area contributed by atoms with E-state index in [0.29, 0.717) is 18.4 Å². The topological polar surface area (TPSA) is 83.7 Å². The van der Waals surface area contributed by atoms with Gasteiger partial charge in [-0.25, -0.2) is 0 Å². The van der Waals surface area contributed by atoms with Gasteiger partial charge in [0, 0.05) is 36.9 Å². The van der Waals surface area contributed by atoms with Gasteiger partial charge < -0.3 is 19.5 Å². The van der Waals surface area contributed by atoms with Crippen molar-refractivity contribution in [1.29, 1.82) is 0 Å². The number of carbonyl (C=O) groups is 1. The molecule has 8 heteroatoms. The summed E-state index contributed by atoms with van der Waals surface area (Å²) in [4.78, 5) is 21.3. The van der Waals surface area contributed by atoms with E-state index in [0.717, 1.165) is 57.1 Å². The summed E-state index contributed by atoms with van der Waals surface area (Å²) in [6, 6.07) is 8.38. The zero-order valence-corrected chi connectivity index (χ0v) is 16.3. The largest absolute Gasteiger partial charge is 0.378 e. The molecule has 1 aromatic carbocycles. The number of likely N-dealkylation sites (tertiary alicyclic amines) is 1. The number of hydrogen-bond donors (Lipinski definition) is 1. The molecular weight excluding hydrogens is 358 g/mol. The predicted octanol–water partition coefficient (Wildman–Crippen LogP) is 1.79. The molecule has 3 heterocycles. The highest BCUT2D eigenvalue weighted by Gasteiger charge is 2.24. The minimum Gasteiger partial charge on any atom is -0.378 e. The Bertz CT molecular complexity index is 785. The van der Waals surface area contributed by atoms with Crippen LogP contribution in [-0.4, -0.2) is 72.9 Å². The summed E-state index contributed by atoms with van der Waals surface area (Å²) in [5.74, 6) is 0.120. The van der Waals surface area contributed by atoms with Crippen LogP contribution in [0.4, 0.5) is 5.69 Å². The van der Waals surface area contributed by atoms with Crippen molar-refractivity contribution in [2.75, 3.05) is 50.8 Å². The number of amides is 1. The Kier molecular flexibility index (Phi) is 5.87. The van der Waals surface area contributed by atoms with Crippen LogP contribution in [0.5, 0.6) is 0 Å². The van der Waals surface area contributed by atoms with Crippen LogP contribution in [0.2, 0.25) is 0 Å². The third-order valence-electron chi connectivity index (χ3n) is 5.53. The number of benzene rings is 1. The van der Waals surface area contributed by atoms with Crippen LogP contribution in [0.15, 0.2) is 28.8 Å². The van der Waals surface area contributed by atoms with Crippen molar-refractivity contribution in [3.8, 4) is 11.4 Å². The summed E-state index contributed by atoms with van der Waals surface area (Å²) >= 11 is 0. The maximum Gasteiger partial charge on any atom is 0.316 e. The molecule has 4 rings (SSSR count). The molecule has 0 radical (unpaired) electrons. The second kappa shape index (κ2) is 8.70. The molecule has 1 amide bonds. The summed E-state index contributed by atoms with van der Waals surface area (Å²) < 4.78 is 10.6. The first-order valence-electron chi connectivity index (χ1n) is 10.0. The first-order valence-corrected chi connectivity index (χ1v) is 10.0. The fourth-order valence-corrected chi connectivity index (χ4v) is 3.90. The first kappa shape index (κ1) is 18.9. The third-order valence-corrected chi connectivity index (χ3v) is 5.53. The molecule has 0 saturated carbocycles. The zero-order chi connectivity index (χ0) is 19.3. The number of likely N-dealkylation sites (N-methyl/N-ethyl adjacent to an activating group) is 1. The number of rotatable bonds is 6. The lowest BCUT2D eigenvalue weighted by Crippen LogP contribution is -2.40. The Morgan fingerprint density at radius 1 is 1.21 bits per heavy atom. The maximum atomic E-state index is 12.4. The number of morpholine rings is 1. The van der Waals surface area contributed by atoms with E-state index in [4.69, 9.17) is 9.26 Å². The van der Waals surface area contributed by atoms with Crippen molar-refractivity contribution in [1.82, 2.24) is 20.4 Å². The molecule has 0 unspecified atom stereocenters. The molecule has 2 aromatic rings. The lowest BCUT2D eigenvalue weighted by Gasteiger charge is -2.28. The van der Waals surface area contributed by atoms with Gasteiger partial charge in [-0.3, -0.25) is 9.69 Å². The first-order chi connectivity index (χ1) is 13.7. The van der Waals surface area contributed by atoms with Gasteiger partial charge in [0.2, 0.25) is 5.82 Å². The van der Waals surface area contributed by atoms with Gasteiger partial charge in [0.25, 0.3) is 0 Å². The number of carbonyl (C=O) groups excluding carboxylic acids is 1. The minimum atomic E-state index is -0.313. The van der Waals surface area contributed by atoms with Crippen LogP contribution in [0.25, 0.3) is 11.4 Å². The highest BCUT2D eigenvalue weighted by Crippen LogP contribution is 2.22. The number of hydrogen-bond acceptors (Lipinski definition) is 7. The van der Waals surface area contributed by atoms with Gasteiger partial charge in [-0.05, 0) is 50.2 Å². The highest BCUT2D eigenvalue weighted by molar-refractivity contribution is 5.89. The molecular formula is C20H27N5O3. The number of nitrogens with zero attached hydrogens (tertiary/aromatic N) is 4. The van der Waals surface area contributed by atoms with E-state index in [-0.39, 0.29) is 11.8 Å².